The number of aryl methyl sites for hydroxylation is 1. The Morgan fingerprint density at radius 2 is 1.73 bits per heavy atom. The molecule has 11 heteroatoms. The van der Waals surface area contributed by atoms with E-state index in [0.29, 0.717) is 36.6 Å². The van der Waals surface area contributed by atoms with E-state index in [4.69, 9.17) is 0 Å². The number of nitrogens with zero attached hydrogens (tertiary/aromatic N) is 4. The Balaban J connectivity index is 1.24. The lowest BCUT2D eigenvalue weighted by atomic mass is 9.90. The van der Waals surface area contributed by atoms with Crippen LogP contribution < -0.4 is 16.6 Å². The van der Waals surface area contributed by atoms with Gasteiger partial charge in [0.05, 0.1) is 17.1 Å². The quantitative estimate of drug-likeness (QED) is 0.359. The Labute approximate surface area is 239 Å². The number of benzene rings is 1. The molecule has 2 aliphatic rings. The molecule has 9 nitrogen and oxygen atoms in total. The number of hydrogen-bond acceptors (Lipinski definition) is 7. The molecule has 2 fully saturated rings. The molecule has 1 saturated heterocycles. The van der Waals surface area contributed by atoms with Crippen molar-refractivity contribution in [2.24, 2.45) is 0 Å². The molecule has 41 heavy (non-hydrogen) atoms. The maximum atomic E-state index is 14.2. The molecule has 1 saturated carbocycles. The number of rotatable bonds is 5. The maximum Gasteiger partial charge on any atom is 0.333 e. The van der Waals surface area contributed by atoms with Gasteiger partial charge in [-0.2, -0.15) is 11.8 Å². The molecule has 1 amide bonds. The van der Waals surface area contributed by atoms with Crippen LogP contribution in [0.5, 0.6) is 5.75 Å². The normalized spacial score (nSPS) is 20.0. The van der Waals surface area contributed by atoms with Gasteiger partial charge in [0.15, 0.2) is 0 Å². The van der Waals surface area contributed by atoms with Crippen molar-refractivity contribution in [3.8, 4) is 5.75 Å². The summed E-state index contributed by atoms with van der Waals surface area (Å²) in [5, 5.41) is 14.5. The Kier molecular flexibility index (Phi) is 7.54. The van der Waals surface area contributed by atoms with Crippen LogP contribution in [0.15, 0.2) is 46.2 Å². The largest absolute Gasteiger partial charge is 0.506 e. The highest BCUT2D eigenvalue weighted by Crippen LogP contribution is 2.32. The number of carbonyl (C=O) groups excluding carboxylic acids is 1. The van der Waals surface area contributed by atoms with E-state index in [-0.39, 0.29) is 40.5 Å². The summed E-state index contributed by atoms with van der Waals surface area (Å²) in [6, 6.07) is 6.14. The van der Waals surface area contributed by atoms with Gasteiger partial charge in [-0.1, -0.05) is 13.0 Å². The van der Waals surface area contributed by atoms with Crippen LogP contribution >= 0.6 is 11.8 Å². The summed E-state index contributed by atoms with van der Waals surface area (Å²) in [5.41, 5.74) is 1.08. The summed E-state index contributed by atoms with van der Waals surface area (Å²) < 4.78 is 17.1. The van der Waals surface area contributed by atoms with Crippen molar-refractivity contribution in [2.45, 2.75) is 70.0 Å². The molecule has 1 aliphatic carbocycles. The van der Waals surface area contributed by atoms with E-state index in [1.807, 2.05) is 36.9 Å². The van der Waals surface area contributed by atoms with E-state index in [1.165, 1.54) is 16.8 Å². The molecule has 0 radical (unpaired) electrons. The number of hydrogen-bond donors (Lipinski definition) is 2. The minimum Gasteiger partial charge on any atom is -0.506 e. The topological polar surface area (TPSA) is 119 Å². The number of halogens is 1. The zero-order valence-corrected chi connectivity index (χ0v) is 23.6. The maximum absolute atomic E-state index is 14.2. The van der Waals surface area contributed by atoms with Gasteiger partial charge in [0.1, 0.15) is 22.8 Å². The molecule has 4 heterocycles. The van der Waals surface area contributed by atoms with Crippen LogP contribution in [0.4, 0.5) is 4.39 Å². The first kappa shape index (κ1) is 27.4. The molecule has 4 aromatic rings. The zero-order chi connectivity index (χ0) is 28.7. The zero-order valence-electron chi connectivity index (χ0n) is 22.8. The van der Waals surface area contributed by atoms with Gasteiger partial charge >= 0.3 is 5.69 Å². The second-order valence-electron chi connectivity index (χ2n) is 10.9. The highest BCUT2D eigenvalue weighted by atomic mass is 32.2. The molecule has 0 bridgehead atoms. The first-order chi connectivity index (χ1) is 19.9. The second-order valence-corrected chi connectivity index (χ2v) is 12.1. The van der Waals surface area contributed by atoms with Gasteiger partial charge in [-0.25, -0.2) is 14.2 Å². The van der Waals surface area contributed by atoms with Gasteiger partial charge in [0, 0.05) is 29.7 Å². The number of amides is 1. The summed E-state index contributed by atoms with van der Waals surface area (Å²) >= 11 is 1.83. The van der Waals surface area contributed by atoms with Crippen LogP contribution in [0.25, 0.3) is 21.9 Å². The molecule has 1 aromatic carbocycles. The van der Waals surface area contributed by atoms with Crippen molar-refractivity contribution in [2.75, 3.05) is 11.5 Å². The van der Waals surface area contributed by atoms with E-state index >= 15 is 0 Å². The monoisotopic (exact) mass is 577 g/mol. The number of aromatic hydroxyl groups is 1. The first-order valence-corrected chi connectivity index (χ1v) is 15.3. The van der Waals surface area contributed by atoms with Crippen LogP contribution in [0, 0.1) is 5.82 Å². The lowest BCUT2D eigenvalue weighted by Crippen LogP contribution is -2.46. The Bertz CT molecular complexity index is 1760. The summed E-state index contributed by atoms with van der Waals surface area (Å²) in [6.45, 7) is 2.02. The molecular weight excluding hydrogens is 545 g/mol. The molecule has 0 atom stereocenters. The van der Waals surface area contributed by atoms with Crippen molar-refractivity contribution in [3.63, 3.8) is 0 Å². The lowest BCUT2D eigenvalue weighted by Gasteiger charge is -2.31. The van der Waals surface area contributed by atoms with E-state index < -0.39 is 23.0 Å². The fourth-order valence-electron chi connectivity index (χ4n) is 6.15. The second kappa shape index (κ2) is 11.3. The van der Waals surface area contributed by atoms with Gasteiger partial charge in [0.2, 0.25) is 0 Å². The highest BCUT2D eigenvalue weighted by Gasteiger charge is 2.30. The van der Waals surface area contributed by atoms with E-state index in [1.54, 1.807) is 4.57 Å². The van der Waals surface area contributed by atoms with Gasteiger partial charge in [-0.3, -0.25) is 23.7 Å². The number of carbonyl (C=O) groups is 1. The van der Waals surface area contributed by atoms with Crippen LogP contribution in [0.3, 0.4) is 0 Å². The van der Waals surface area contributed by atoms with E-state index in [2.05, 4.69) is 15.3 Å². The highest BCUT2D eigenvalue weighted by molar-refractivity contribution is 7.99. The molecular formula is C30H32FN5O4S. The lowest BCUT2D eigenvalue weighted by molar-refractivity contribution is 0.0919. The smallest absolute Gasteiger partial charge is 0.333 e. The minimum atomic E-state index is -0.616. The SMILES string of the molecule is CCc1ccc2ncc(C(=O)N[C@H]3CC[C@@H](n4c(=O)c5cc(F)cnc5n(C5CCSCC5)c4=O)CC3)c(O)c2c1. The molecule has 0 unspecified atom stereocenters. The van der Waals surface area contributed by atoms with E-state index in [9.17, 15) is 23.9 Å². The number of aromatic nitrogens is 4. The van der Waals surface area contributed by atoms with Crippen LogP contribution in [-0.2, 0) is 6.42 Å². The van der Waals surface area contributed by atoms with Crippen LogP contribution in [-0.4, -0.2) is 47.7 Å². The van der Waals surface area contributed by atoms with E-state index in [0.717, 1.165) is 42.5 Å². The van der Waals surface area contributed by atoms with Gasteiger partial charge in [0.25, 0.3) is 11.5 Å². The Morgan fingerprint density at radius 3 is 2.46 bits per heavy atom. The average molecular weight is 578 g/mol. The predicted octanol–water partition coefficient (Wildman–Crippen LogP) is 4.50. The Morgan fingerprint density at radius 1 is 1.00 bits per heavy atom. The summed E-state index contributed by atoms with van der Waals surface area (Å²) in [6.07, 6.45) is 6.89. The van der Waals surface area contributed by atoms with Crippen molar-refractivity contribution in [1.82, 2.24) is 24.4 Å². The van der Waals surface area contributed by atoms with Crippen LogP contribution in [0.1, 0.15) is 73.5 Å². The number of pyridine rings is 2. The Hall–Kier alpha value is -3.73. The van der Waals surface area contributed by atoms with Gasteiger partial charge in [-0.15, -0.1) is 0 Å². The summed E-state index contributed by atoms with van der Waals surface area (Å²) in [4.78, 5) is 49.0. The fourth-order valence-corrected chi connectivity index (χ4v) is 7.23. The molecule has 1 aliphatic heterocycles. The van der Waals surface area contributed by atoms with Crippen molar-refractivity contribution >= 4 is 39.6 Å². The molecule has 6 rings (SSSR count). The van der Waals surface area contributed by atoms with Crippen molar-refractivity contribution < 1.29 is 14.3 Å². The fraction of sp³-hybridized carbons (Fsp3) is 0.433. The molecule has 2 N–H and O–H groups in total. The standard InChI is InChI=1S/C30H32FN5O4S/c1-2-17-3-8-25-22(13-17)26(37)24(16-32-25)28(38)34-19-4-6-20(7-5-19)36-29(39)23-14-18(31)15-33-27(23)35(30(36)40)21-9-11-41-12-10-21/h3,8,13-16,19-21H,2,4-7,9-12H2,1H3,(H,32,37)(H,34,38)/t19-,20+. The number of thioether (sulfide) groups is 1. The van der Waals surface area contributed by atoms with Crippen molar-refractivity contribution in [3.05, 3.63) is 74.4 Å². The van der Waals surface area contributed by atoms with Crippen molar-refractivity contribution in [1.29, 1.82) is 0 Å². The minimum absolute atomic E-state index is 0.0941. The van der Waals surface area contributed by atoms with Crippen LogP contribution in [0.2, 0.25) is 0 Å². The molecule has 3 aromatic heterocycles. The predicted molar refractivity (Wildman–Crippen MR) is 157 cm³/mol. The first-order valence-electron chi connectivity index (χ1n) is 14.2. The van der Waals surface area contributed by atoms with Gasteiger partial charge in [-0.05, 0) is 80.2 Å². The third-order valence-corrected chi connectivity index (χ3v) is 9.48. The molecule has 214 valence electrons. The summed E-state index contributed by atoms with van der Waals surface area (Å²) in [7, 11) is 0. The van der Waals surface area contributed by atoms with Gasteiger partial charge < -0.3 is 10.4 Å². The third kappa shape index (κ3) is 5.11. The molecule has 0 spiro atoms. The third-order valence-electron chi connectivity index (χ3n) is 8.43. The summed E-state index contributed by atoms with van der Waals surface area (Å²) in [5.74, 6) is 0.692. The number of nitrogens with one attached hydrogen (secondary N) is 1. The number of fused-ring (bicyclic) bond motifs is 2. The average Bonchev–Trinajstić information content (AvgIpc) is 2.99.